The van der Waals surface area contributed by atoms with Crippen LogP contribution in [-0.4, -0.2) is 58.6 Å². The molecule has 7 aromatic heterocycles. The first-order valence-corrected chi connectivity index (χ1v) is 9.96. The first kappa shape index (κ1) is 17.5. The van der Waals surface area contributed by atoms with Gasteiger partial charge in [0, 0.05) is 18.6 Å². The van der Waals surface area contributed by atoms with E-state index in [-0.39, 0.29) is 0 Å². The highest BCUT2D eigenvalue weighted by Gasteiger charge is 2.17. The molecule has 7 rings (SSSR count). The molecule has 7 aromatic rings. The molecule has 0 fully saturated rings. The zero-order chi connectivity index (χ0) is 21.8. The third-order valence-electron chi connectivity index (χ3n) is 5.17. The molecule has 0 saturated carbocycles. The van der Waals surface area contributed by atoms with Crippen molar-refractivity contribution in [2.45, 2.75) is 0 Å². The summed E-state index contributed by atoms with van der Waals surface area (Å²) in [6, 6.07) is 11.1. The Morgan fingerprint density at radius 2 is 0.758 bits per heavy atom. The average molecular weight is 432 g/mol. The smallest absolute Gasteiger partial charge is 0.243 e. The highest BCUT2D eigenvalue weighted by molar-refractivity contribution is 5.74. The lowest BCUT2D eigenvalue weighted by atomic mass is 10.4. The van der Waals surface area contributed by atoms with Crippen LogP contribution in [0.3, 0.4) is 0 Å². The fourth-order valence-electron chi connectivity index (χ4n) is 3.65. The summed E-state index contributed by atoms with van der Waals surface area (Å²) in [6.07, 6.45) is 10.00. The standard InChI is InChI=1S/C21H12N12/c1-4-13-16(22-7-1)31(10-25-13)19-28-20(32-11-26-14-5-2-8-23-17(14)32)30-21(29-19)33-12-27-15-6-3-9-24-18(15)33/h1-12H. The van der Waals surface area contributed by atoms with Crippen molar-refractivity contribution >= 4 is 33.5 Å². The molecule has 0 aliphatic carbocycles. The van der Waals surface area contributed by atoms with Gasteiger partial charge in [0.25, 0.3) is 0 Å². The van der Waals surface area contributed by atoms with E-state index in [9.17, 15) is 0 Å². The topological polar surface area (TPSA) is 131 Å². The summed E-state index contributed by atoms with van der Waals surface area (Å²) in [7, 11) is 0. The van der Waals surface area contributed by atoms with Crippen molar-refractivity contribution in [3.05, 3.63) is 74.0 Å². The van der Waals surface area contributed by atoms with Crippen LogP contribution in [0.1, 0.15) is 0 Å². The van der Waals surface area contributed by atoms with Crippen LogP contribution in [0.4, 0.5) is 0 Å². The molecule has 0 bridgehead atoms. The van der Waals surface area contributed by atoms with Gasteiger partial charge in [-0.15, -0.1) is 0 Å². The van der Waals surface area contributed by atoms with Gasteiger partial charge in [-0.25, -0.2) is 29.9 Å². The van der Waals surface area contributed by atoms with Crippen molar-refractivity contribution in [2.75, 3.05) is 0 Å². The molecule has 0 aromatic carbocycles. The Hall–Kier alpha value is -5.13. The van der Waals surface area contributed by atoms with Gasteiger partial charge in [0.05, 0.1) is 0 Å². The zero-order valence-corrected chi connectivity index (χ0v) is 16.8. The summed E-state index contributed by atoms with van der Waals surface area (Å²) in [5, 5.41) is 0. The lowest BCUT2D eigenvalue weighted by molar-refractivity contribution is 0.809. The van der Waals surface area contributed by atoms with Gasteiger partial charge in [-0.2, -0.15) is 15.0 Å². The van der Waals surface area contributed by atoms with Crippen LogP contribution in [-0.2, 0) is 0 Å². The van der Waals surface area contributed by atoms with Crippen LogP contribution in [0.15, 0.2) is 74.0 Å². The van der Waals surface area contributed by atoms with Crippen LogP contribution in [0.2, 0.25) is 0 Å². The largest absolute Gasteiger partial charge is 0.250 e. The van der Waals surface area contributed by atoms with Gasteiger partial charge in [0.1, 0.15) is 35.5 Å². The van der Waals surface area contributed by atoms with Crippen molar-refractivity contribution < 1.29 is 0 Å². The van der Waals surface area contributed by atoms with E-state index in [0.29, 0.717) is 34.8 Å². The van der Waals surface area contributed by atoms with Gasteiger partial charge in [-0.3, -0.25) is 13.7 Å². The molecule has 156 valence electrons. The molecule has 0 aliphatic heterocycles. The monoisotopic (exact) mass is 432 g/mol. The summed E-state index contributed by atoms with van der Waals surface area (Å²) in [6.45, 7) is 0. The Morgan fingerprint density at radius 3 is 1.09 bits per heavy atom. The number of imidazole rings is 3. The third kappa shape index (κ3) is 2.67. The summed E-state index contributed by atoms with van der Waals surface area (Å²) >= 11 is 0. The van der Waals surface area contributed by atoms with Crippen molar-refractivity contribution in [1.29, 1.82) is 0 Å². The third-order valence-corrected chi connectivity index (χ3v) is 5.17. The highest BCUT2D eigenvalue weighted by Crippen LogP contribution is 2.19. The number of pyridine rings is 3. The summed E-state index contributed by atoms with van der Waals surface area (Å²) in [5.74, 6) is 1.02. The predicted octanol–water partition coefficient (Wildman–Crippen LogP) is 2.07. The van der Waals surface area contributed by atoms with Crippen molar-refractivity contribution in [1.82, 2.24) is 58.6 Å². The van der Waals surface area contributed by atoms with Gasteiger partial charge in [-0.1, -0.05) is 0 Å². The fraction of sp³-hybridized carbons (Fsp3) is 0. The van der Waals surface area contributed by atoms with Crippen LogP contribution >= 0.6 is 0 Å². The fourth-order valence-corrected chi connectivity index (χ4v) is 3.65. The number of hydrogen-bond donors (Lipinski definition) is 0. The van der Waals surface area contributed by atoms with Gasteiger partial charge in [0.15, 0.2) is 16.9 Å². The van der Waals surface area contributed by atoms with Gasteiger partial charge >= 0.3 is 0 Å². The van der Waals surface area contributed by atoms with Crippen molar-refractivity contribution in [2.24, 2.45) is 0 Å². The Kier molecular flexibility index (Phi) is 3.55. The van der Waals surface area contributed by atoms with Crippen molar-refractivity contribution in [3.8, 4) is 17.8 Å². The minimum Gasteiger partial charge on any atom is -0.250 e. The lowest BCUT2D eigenvalue weighted by Crippen LogP contribution is -2.13. The van der Waals surface area contributed by atoms with Crippen LogP contribution in [0, 0.1) is 0 Å². The zero-order valence-electron chi connectivity index (χ0n) is 16.8. The summed E-state index contributed by atoms with van der Waals surface area (Å²) in [5.41, 5.74) is 4.06. The van der Waals surface area contributed by atoms with E-state index in [1.807, 2.05) is 36.4 Å². The summed E-state index contributed by atoms with van der Waals surface area (Å²) in [4.78, 5) is 40.7. The number of fused-ring (bicyclic) bond motifs is 3. The predicted molar refractivity (Wildman–Crippen MR) is 117 cm³/mol. The molecule has 0 saturated heterocycles. The SMILES string of the molecule is c1cnc2c(c1)ncn2-c1nc(-n2cnc3cccnc32)nc(-n2cnc3cccnc32)n1. The quantitative estimate of drug-likeness (QED) is 0.412. The Labute approximate surface area is 184 Å². The molecule has 0 atom stereocenters. The van der Waals surface area contributed by atoms with Gasteiger partial charge in [0.2, 0.25) is 17.8 Å². The molecule has 33 heavy (non-hydrogen) atoms. The Bertz CT molecular complexity index is 1570. The van der Waals surface area contributed by atoms with E-state index in [1.54, 1.807) is 51.3 Å². The maximum Gasteiger partial charge on any atom is 0.243 e. The molecule has 7 heterocycles. The minimum atomic E-state index is 0.340. The van der Waals surface area contributed by atoms with Crippen LogP contribution < -0.4 is 0 Å². The molecule has 0 unspecified atom stereocenters. The van der Waals surface area contributed by atoms with Crippen LogP contribution in [0.5, 0.6) is 0 Å². The molecule has 0 aliphatic rings. The second-order valence-corrected chi connectivity index (χ2v) is 7.12. The van der Waals surface area contributed by atoms with Crippen LogP contribution in [0.25, 0.3) is 51.3 Å². The second kappa shape index (κ2) is 6.68. The molecular formula is C21H12N12. The van der Waals surface area contributed by atoms with E-state index >= 15 is 0 Å². The number of hydrogen-bond acceptors (Lipinski definition) is 9. The highest BCUT2D eigenvalue weighted by atomic mass is 15.3. The number of rotatable bonds is 3. The number of nitrogens with zero attached hydrogens (tertiary/aromatic N) is 12. The maximum absolute atomic E-state index is 4.70. The molecule has 0 N–H and O–H groups in total. The maximum atomic E-state index is 4.70. The lowest BCUT2D eigenvalue weighted by Gasteiger charge is -2.09. The van der Waals surface area contributed by atoms with E-state index < -0.39 is 0 Å². The molecule has 12 nitrogen and oxygen atoms in total. The number of aromatic nitrogens is 12. The van der Waals surface area contributed by atoms with E-state index in [0.717, 1.165) is 16.6 Å². The molecule has 0 amide bonds. The molecular weight excluding hydrogens is 420 g/mol. The van der Waals surface area contributed by atoms with Gasteiger partial charge < -0.3 is 0 Å². The van der Waals surface area contributed by atoms with Gasteiger partial charge in [-0.05, 0) is 36.4 Å². The van der Waals surface area contributed by atoms with Crippen molar-refractivity contribution in [3.63, 3.8) is 0 Å². The molecule has 0 radical (unpaired) electrons. The summed E-state index contributed by atoms with van der Waals surface area (Å²) < 4.78 is 5.13. The Balaban J connectivity index is 1.52. The van der Waals surface area contributed by atoms with E-state index in [1.165, 1.54) is 0 Å². The Morgan fingerprint density at radius 1 is 0.424 bits per heavy atom. The first-order valence-electron chi connectivity index (χ1n) is 9.96. The molecule has 12 heteroatoms. The van der Waals surface area contributed by atoms with E-state index in [4.69, 9.17) is 15.0 Å². The second-order valence-electron chi connectivity index (χ2n) is 7.12. The first-order chi connectivity index (χ1) is 16.3. The average Bonchev–Trinajstić information content (AvgIpc) is 3.60. The van der Waals surface area contributed by atoms with E-state index in [2.05, 4.69) is 29.9 Å². The normalized spacial score (nSPS) is 11.6. The molecule has 0 spiro atoms. The minimum absolute atomic E-state index is 0.340.